The first kappa shape index (κ1) is 13.5. The van der Waals surface area contributed by atoms with E-state index in [2.05, 4.69) is 26.0 Å². The van der Waals surface area contributed by atoms with Gasteiger partial charge >= 0.3 is 0 Å². The number of hydrogen-bond donors (Lipinski definition) is 1. The number of nitrogens with zero attached hydrogens (tertiary/aromatic N) is 4. The van der Waals surface area contributed by atoms with Crippen molar-refractivity contribution in [2.75, 3.05) is 5.73 Å². The van der Waals surface area contributed by atoms with Crippen molar-refractivity contribution >= 4 is 44.6 Å². The van der Waals surface area contributed by atoms with Crippen LogP contribution >= 0.6 is 27.5 Å². The van der Waals surface area contributed by atoms with Gasteiger partial charge in [0.25, 0.3) is 0 Å². The van der Waals surface area contributed by atoms with Crippen molar-refractivity contribution < 1.29 is 0 Å². The van der Waals surface area contributed by atoms with Crippen LogP contribution in [0.3, 0.4) is 0 Å². The van der Waals surface area contributed by atoms with E-state index in [1.165, 1.54) is 0 Å². The molecule has 0 aliphatic carbocycles. The molecule has 2 aromatic heterocycles. The van der Waals surface area contributed by atoms with E-state index in [1.807, 2.05) is 36.7 Å². The largest absolute Gasteiger partial charge is 0.369 e. The molecule has 3 aromatic rings. The van der Waals surface area contributed by atoms with Crippen molar-refractivity contribution in [1.82, 2.24) is 19.3 Å². The molecule has 7 heteroatoms. The summed E-state index contributed by atoms with van der Waals surface area (Å²) in [5.41, 5.74) is 9.58. The molecule has 0 unspecified atom stereocenters. The molecule has 0 saturated carbocycles. The van der Waals surface area contributed by atoms with Crippen LogP contribution in [0, 0.1) is 0 Å². The quantitative estimate of drug-likeness (QED) is 0.768. The second-order valence-electron chi connectivity index (χ2n) is 4.50. The fourth-order valence-electron chi connectivity index (χ4n) is 2.31. The van der Waals surface area contributed by atoms with E-state index in [0.29, 0.717) is 11.0 Å². The molecule has 20 heavy (non-hydrogen) atoms. The Balaban J connectivity index is 2.32. The Labute approximate surface area is 129 Å². The lowest BCUT2D eigenvalue weighted by atomic mass is 10.3. The van der Waals surface area contributed by atoms with E-state index in [4.69, 9.17) is 17.3 Å². The zero-order chi connectivity index (χ0) is 14.4. The molecule has 0 radical (unpaired) electrons. The number of nitrogen functional groups attached to an aromatic ring is 1. The van der Waals surface area contributed by atoms with Crippen LogP contribution in [0.15, 0.2) is 22.7 Å². The predicted molar refractivity (Wildman–Crippen MR) is 84.3 cm³/mol. The highest BCUT2D eigenvalue weighted by Gasteiger charge is 2.18. The second kappa shape index (κ2) is 4.79. The number of rotatable bonds is 2. The van der Waals surface area contributed by atoms with Gasteiger partial charge in [0.15, 0.2) is 5.65 Å². The van der Waals surface area contributed by atoms with E-state index in [0.717, 1.165) is 33.4 Å². The molecule has 5 nitrogen and oxygen atoms in total. The Kier molecular flexibility index (Phi) is 3.22. The summed E-state index contributed by atoms with van der Waals surface area (Å²) < 4.78 is 4.50. The molecule has 0 saturated heterocycles. The van der Waals surface area contributed by atoms with E-state index in [-0.39, 0.29) is 0 Å². The van der Waals surface area contributed by atoms with Gasteiger partial charge in [-0.15, -0.1) is 0 Å². The van der Waals surface area contributed by atoms with Crippen LogP contribution in [-0.2, 0) is 13.5 Å². The van der Waals surface area contributed by atoms with Crippen LogP contribution in [0.25, 0.3) is 16.9 Å². The molecule has 0 amide bonds. The molecule has 1 aromatic carbocycles. The maximum atomic E-state index is 6.16. The number of benzene rings is 1. The maximum Gasteiger partial charge on any atom is 0.207 e. The van der Waals surface area contributed by atoms with E-state index < -0.39 is 0 Å². The molecule has 3 rings (SSSR count). The molecule has 0 aliphatic rings. The predicted octanol–water partition coefficient (Wildman–Crippen LogP) is 3.32. The molecule has 0 atom stereocenters. The second-order valence-corrected chi connectivity index (χ2v) is 5.76. The van der Waals surface area contributed by atoms with Crippen molar-refractivity contribution in [3.05, 3.63) is 33.4 Å². The van der Waals surface area contributed by atoms with E-state index in [1.54, 1.807) is 4.68 Å². The first-order chi connectivity index (χ1) is 9.52. The summed E-state index contributed by atoms with van der Waals surface area (Å²) in [5.74, 6) is 0.432. The molecule has 104 valence electrons. The van der Waals surface area contributed by atoms with Gasteiger partial charge in [-0.25, -0.2) is 9.67 Å². The zero-order valence-electron chi connectivity index (χ0n) is 11.1. The van der Waals surface area contributed by atoms with Crippen LogP contribution in [-0.4, -0.2) is 19.3 Å². The summed E-state index contributed by atoms with van der Waals surface area (Å²) in [6, 6.07) is 5.67. The highest BCUT2D eigenvalue weighted by Crippen LogP contribution is 2.29. The number of nitrogens with two attached hydrogens (primary N) is 1. The highest BCUT2D eigenvalue weighted by molar-refractivity contribution is 9.10. The van der Waals surface area contributed by atoms with E-state index in [9.17, 15) is 0 Å². The van der Waals surface area contributed by atoms with Gasteiger partial charge in [-0.3, -0.25) is 4.57 Å². The third kappa shape index (κ3) is 1.91. The average molecular weight is 355 g/mol. The first-order valence-corrected chi connectivity index (χ1v) is 7.35. The van der Waals surface area contributed by atoms with Crippen LogP contribution in [0.1, 0.15) is 12.6 Å². The Morgan fingerprint density at radius 1 is 1.40 bits per heavy atom. The number of fused-ring (bicyclic) bond motifs is 1. The zero-order valence-corrected chi connectivity index (χ0v) is 13.4. The minimum atomic E-state index is 0.432. The lowest BCUT2D eigenvalue weighted by Crippen LogP contribution is -2.05. The molecule has 2 N–H and O–H groups in total. The molecular formula is C13H13BrClN5. The smallest absolute Gasteiger partial charge is 0.207 e. The van der Waals surface area contributed by atoms with Gasteiger partial charge < -0.3 is 5.73 Å². The lowest BCUT2D eigenvalue weighted by Gasteiger charge is -2.08. The van der Waals surface area contributed by atoms with Crippen LogP contribution in [0.4, 0.5) is 5.95 Å². The van der Waals surface area contributed by atoms with Gasteiger partial charge in [0.05, 0.1) is 16.4 Å². The number of aromatic nitrogens is 4. The highest BCUT2D eigenvalue weighted by atomic mass is 79.9. The first-order valence-electron chi connectivity index (χ1n) is 6.18. The van der Waals surface area contributed by atoms with Gasteiger partial charge in [-0.05, 0) is 40.5 Å². The molecular weight excluding hydrogens is 342 g/mol. The number of anilines is 1. The SMILES string of the molecule is CCc1nn(C)c2c1nc(N)n2-c1ccc(Br)c(Cl)c1. The third-order valence-electron chi connectivity index (χ3n) is 3.23. The maximum absolute atomic E-state index is 6.16. The molecule has 0 aliphatic heterocycles. The Bertz CT molecular complexity index is 805. The van der Waals surface area contributed by atoms with Crippen LogP contribution in [0.2, 0.25) is 5.02 Å². The van der Waals surface area contributed by atoms with Gasteiger partial charge in [0, 0.05) is 11.5 Å². The third-order valence-corrected chi connectivity index (χ3v) is 4.46. The number of imidazole rings is 1. The fourth-order valence-corrected chi connectivity index (χ4v) is 2.73. The Morgan fingerprint density at radius 2 is 2.15 bits per heavy atom. The van der Waals surface area contributed by atoms with Crippen molar-refractivity contribution in [2.45, 2.75) is 13.3 Å². The van der Waals surface area contributed by atoms with Crippen molar-refractivity contribution in [1.29, 1.82) is 0 Å². The molecule has 0 spiro atoms. The normalized spacial score (nSPS) is 11.4. The van der Waals surface area contributed by atoms with Gasteiger partial charge in [0.2, 0.25) is 5.95 Å². The number of aryl methyl sites for hydroxylation is 2. The summed E-state index contributed by atoms with van der Waals surface area (Å²) in [7, 11) is 1.89. The summed E-state index contributed by atoms with van der Waals surface area (Å²) in [5, 5.41) is 5.10. The summed E-state index contributed by atoms with van der Waals surface area (Å²) in [4.78, 5) is 4.44. The molecule has 0 fully saturated rings. The topological polar surface area (TPSA) is 61.7 Å². The lowest BCUT2D eigenvalue weighted by molar-refractivity contribution is 0.751. The van der Waals surface area contributed by atoms with Gasteiger partial charge in [-0.1, -0.05) is 18.5 Å². The molecule has 0 bridgehead atoms. The van der Waals surface area contributed by atoms with Gasteiger partial charge in [-0.2, -0.15) is 5.10 Å². The van der Waals surface area contributed by atoms with Crippen molar-refractivity contribution in [3.8, 4) is 5.69 Å². The Morgan fingerprint density at radius 3 is 2.80 bits per heavy atom. The van der Waals surface area contributed by atoms with Gasteiger partial charge in [0.1, 0.15) is 5.52 Å². The van der Waals surface area contributed by atoms with Crippen molar-refractivity contribution in [3.63, 3.8) is 0 Å². The minimum absolute atomic E-state index is 0.432. The summed E-state index contributed by atoms with van der Waals surface area (Å²) in [6.07, 6.45) is 0.814. The summed E-state index contributed by atoms with van der Waals surface area (Å²) >= 11 is 9.55. The van der Waals surface area contributed by atoms with Crippen LogP contribution in [0.5, 0.6) is 0 Å². The minimum Gasteiger partial charge on any atom is -0.369 e. The number of halogens is 2. The number of hydrogen-bond acceptors (Lipinski definition) is 3. The average Bonchev–Trinajstić information content (AvgIpc) is 2.90. The van der Waals surface area contributed by atoms with Crippen LogP contribution < -0.4 is 5.73 Å². The standard InChI is InChI=1S/C13H13BrClN5/c1-3-10-11-12(19(2)18-10)20(13(16)17-11)7-4-5-8(14)9(15)6-7/h4-6H,3H2,1-2H3,(H2,16,17). The monoisotopic (exact) mass is 353 g/mol. The molecule has 2 heterocycles. The summed E-state index contributed by atoms with van der Waals surface area (Å²) in [6.45, 7) is 2.05. The van der Waals surface area contributed by atoms with E-state index >= 15 is 0 Å². The Hall–Kier alpha value is -1.53. The van der Waals surface area contributed by atoms with Crippen molar-refractivity contribution in [2.24, 2.45) is 7.05 Å². The fraction of sp³-hybridized carbons (Fsp3) is 0.231.